The Kier molecular flexibility index (Phi) is 3.65. The summed E-state index contributed by atoms with van der Waals surface area (Å²) in [5, 5.41) is 10.6. The molecule has 0 amide bonds. The molecule has 2 aromatic rings. The first-order chi connectivity index (χ1) is 9.04. The Labute approximate surface area is 113 Å². The van der Waals surface area contributed by atoms with Crippen LogP contribution in [0.5, 0.6) is 0 Å². The molecule has 0 spiro atoms. The zero-order chi connectivity index (χ0) is 14.2. The number of rotatable bonds is 4. The Hall–Kier alpha value is -1.77. The number of carboxylic acids is 1. The van der Waals surface area contributed by atoms with E-state index in [1.54, 1.807) is 0 Å². The first kappa shape index (κ1) is 13.7. The minimum atomic E-state index is -0.838. The normalized spacial score (nSPS) is 11.2. The summed E-state index contributed by atoms with van der Waals surface area (Å²) in [6, 6.07) is 3.97. The molecule has 3 heteroatoms. The molecule has 19 heavy (non-hydrogen) atoms. The van der Waals surface area contributed by atoms with Gasteiger partial charge in [0, 0.05) is 17.6 Å². The van der Waals surface area contributed by atoms with Gasteiger partial charge in [-0.15, -0.1) is 0 Å². The van der Waals surface area contributed by atoms with Crippen LogP contribution in [0.15, 0.2) is 12.1 Å². The quantitative estimate of drug-likeness (QED) is 0.907. The molecule has 0 atom stereocenters. The predicted octanol–water partition coefficient (Wildman–Crippen LogP) is 3.79. The first-order valence-electron chi connectivity index (χ1n) is 6.92. The number of carbonyl (C=O) groups is 1. The molecule has 1 aromatic heterocycles. The van der Waals surface area contributed by atoms with Gasteiger partial charge in [0.15, 0.2) is 0 Å². The van der Waals surface area contributed by atoms with Crippen molar-refractivity contribution in [2.24, 2.45) is 0 Å². The molecule has 1 heterocycles. The molecule has 1 N–H and O–H groups in total. The molecule has 0 unspecified atom stereocenters. The lowest BCUT2D eigenvalue weighted by atomic mass is 10.0. The van der Waals surface area contributed by atoms with Crippen LogP contribution in [0.4, 0.5) is 0 Å². The molecule has 0 aliphatic rings. The smallest absolute Gasteiger partial charge is 0.337 e. The van der Waals surface area contributed by atoms with Crippen LogP contribution in [0.2, 0.25) is 0 Å². The van der Waals surface area contributed by atoms with Crippen molar-refractivity contribution in [2.75, 3.05) is 0 Å². The number of hydrogen-bond donors (Lipinski definition) is 1. The van der Waals surface area contributed by atoms with Crippen molar-refractivity contribution in [2.45, 2.75) is 47.1 Å². The van der Waals surface area contributed by atoms with Crippen LogP contribution in [-0.2, 0) is 19.4 Å². The van der Waals surface area contributed by atoms with Crippen LogP contribution in [0, 0.1) is 6.92 Å². The summed E-state index contributed by atoms with van der Waals surface area (Å²) in [7, 11) is 0. The van der Waals surface area contributed by atoms with Crippen molar-refractivity contribution in [3.63, 3.8) is 0 Å². The fourth-order valence-corrected chi connectivity index (χ4v) is 2.95. The second-order valence-corrected chi connectivity index (χ2v) is 4.86. The van der Waals surface area contributed by atoms with Crippen LogP contribution >= 0.6 is 0 Å². The molecule has 0 aliphatic carbocycles. The fraction of sp³-hybridized carbons (Fsp3) is 0.438. The van der Waals surface area contributed by atoms with Crippen molar-refractivity contribution in [3.8, 4) is 0 Å². The van der Waals surface area contributed by atoms with Gasteiger partial charge < -0.3 is 9.67 Å². The van der Waals surface area contributed by atoms with Gasteiger partial charge >= 0.3 is 5.97 Å². The molecule has 0 fully saturated rings. The highest BCUT2D eigenvalue weighted by Gasteiger charge is 2.19. The number of benzene rings is 1. The van der Waals surface area contributed by atoms with Crippen molar-refractivity contribution >= 4 is 16.9 Å². The monoisotopic (exact) mass is 259 g/mol. The van der Waals surface area contributed by atoms with E-state index in [9.17, 15) is 9.90 Å². The van der Waals surface area contributed by atoms with Crippen LogP contribution in [0.1, 0.15) is 48.0 Å². The third-order valence-corrected chi connectivity index (χ3v) is 3.91. The summed E-state index contributed by atoms with van der Waals surface area (Å²) in [5.41, 5.74) is 4.86. The molecule has 3 nitrogen and oxygen atoms in total. The Morgan fingerprint density at radius 1 is 1.21 bits per heavy atom. The number of aromatic nitrogens is 1. The summed E-state index contributed by atoms with van der Waals surface area (Å²) < 4.78 is 2.12. The zero-order valence-electron chi connectivity index (χ0n) is 12.1. The standard InChI is InChI=1S/C16H21NO2/c1-5-11-8-13-12(6-2)10(4)17(7-3)15(13)14(9-11)16(18)19/h8-9H,5-7H2,1-4H3,(H,18,19). The van der Waals surface area contributed by atoms with Gasteiger partial charge in [-0.25, -0.2) is 4.79 Å². The van der Waals surface area contributed by atoms with E-state index in [2.05, 4.69) is 38.3 Å². The minimum Gasteiger partial charge on any atom is -0.478 e. The molecule has 0 radical (unpaired) electrons. The molecule has 2 rings (SSSR count). The number of carboxylic acid groups (broad SMARTS) is 1. The number of aromatic carboxylic acids is 1. The molecule has 102 valence electrons. The number of aryl methyl sites for hydroxylation is 3. The lowest BCUT2D eigenvalue weighted by Gasteiger charge is -2.08. The van der Waals surface area contributed by atoms with Crippen LogP contribution in [0.3, 0.4) is 0 Å². The van der Waals surface area contributed by atoms with Crippen molar-refractivity contribution in [1.82, 2.24) is 4.57 Å². The molecule has 0 saturated heterocycles. The molecule has 1 aromatic carbocycles. The van der Waals surface area contributed by atoms with Crippen molar-refractivity contribution < 1.29 is 9.90 Å². The van der Waals surface area contributed by atoms with E-state index in [-0.39, 0.29) is 0 Å². The average Bonchev–Trinajstić information content (AvgIpc) is 2.67. The highest BCUT2D eigenvalue weighted by atomic mass is 16.4. The summed E-state index contributed by atoms with van der Waals surface area (Å²) in [4.78, 5) is 11.5. The second-order valence-electron chi connectivity index (χ2n) is 4.86. The number of hydrogen-bond acceptors (Lipinski definition) is 1. The number of fused-ring (bicyclic) bond motifs is 1. The highest BCUT2D eigenvalue weighted by molar-refractivity contribution is 6.04. The summed E-state index contributed by atoms with van der Waals surface area (Å²) in [5.74, 6) is -0.838. The molecular formula is C16H21NO2. The van der Waals surface area contributed by atoms with Crippen molar-refractivity contribution in [1.29, 1.82) is 0 Å². The Morgan fingerprint density at radius 2 is 1.89 bits per heavy atom. The number of nitrogens with zero attached hydrogens (tertiary/aromatic N) is 1. The van der Waals surface area contributed by atoms with Gasteiger partial charge in [-0.2, -0.15) is 0 Å². The maximum Gasteiger partial charge on any atom is 0.337 e. The van der Waals surface area contributed by atoms with Gasteiger partial charge in [-0.3, -0.25) is 0 Å². The van der Waals surface area contributed by atoms with E-state index in [4.69, 9.17) is 0 Å². The summed E-state index contributed by atoms with van der Waals surface area (Å²) >= 11 is 0. The van der Waals surface area contributed by atoms with Crippen molar-refractivity contribution in [3.05, 3.63) is 34.5 Å². The molecule has 0 aliphatic heterocycles. The van der Waals surface area contributed by atoms with Gasteiger partial charge in [-0.1, -0.05) is 13.8 Å². The maximum absolute atomic E-state index is 11.5. The topological polar surface area (TPSA) is 42.2 Å². The van der Waals surface area contributed by atoms with Gasteiger partial charge in [0.1, 0.15) is 0 Å². The van der Waals surface area contributed by atoms with Gasteiger partial charge in [0.05, 0.1) is 11.1 Å². The van der Waals surface area contributed by atoms with E-state index in [0.29, 0.717) is 5.56 Å². The minimum absolute atomic E-state index is 0.430. The summed E-state index contributed by atoms with van der Waals surface area (Å²) in [6.07, 6.45) is 1.79. The van der Waals surface area contributed by atoms with Gasteiger partial charge in [0.2, 0.25) is 0 Å². The summed E-state index contributed by atoms with van der Waals surface area (Å²) in [6.45, 7) is 9.13. The second kappa shape index (κ2) is 5.08. The molecule has 0 saturated carbocycles. The maximum atomic E-state index is 11.5. The molecular weight excluding hydrogens is 238 g/mol. The fourth-order valence-electron chi connectivity index (χ4n) is 2.95. The van der Waals surface area contributed by atoms with Crippen LogP contribution in [-0.4, -0.2) is 15.6 Å². The predicted molar refractivity (Wildman–Crippen MR) is 78.1 cm³/mol. The van der Waals surface area contributed by atoms with Gasteiger partial charge in [0.25, 0.3) is 0 Å². The van der Waals surface area contributed by atoms with E-state index < -0.39 is 5.97 Å². The third-order valence-electron chi connectivity index (χ3n) is 3.91. The van der Waals surface area contributed by atoms with E-state index in [0.717, 1.165) is 35.9 Å². The zero-order valence-corrected chi connectivity index (χ0v) is 12.1. The Morgan fingerprint density at radius 3 is 2.37 bits per heavy atom. The molecule has 0 bridgehead atoms. The third kappa shape index (κ3) is 2.03. The highest BCUT2D eigenvalue weighted by Crippen LogP contribution is 2.30. The Balaban J connectivity index is 2.96. The van der Waals surface area contributed by atoms with Gasteiger partial charge in [-0.05, 0) is 49.9 Å². The van der Waals surface area contributed by atoms with E-state index in [1.807, 2.05) is 6.07 Å². The SMILES string of the molecule is CCc1cc(C(=O)O)c2c(c1)c(CC)c(C)n2CC. The largest absolute Gasteiger partial charge is 0.478 e. The van der Waals surface area contributed by atoms with Crippen LogP contribution < -0.4 is 0 Å². The lowest BCUT2D eigenvalue weighted by Crippen LogP contribution is -2.04. The van der Waals surface area contributed by atoms with Crippen LogP contribution in [0.25, 0.3) is 10.9 Å². The van der Waals surface area contributed by atoms with E-state index in [1.165, 1.54) is 11.3 Å². The average molecular weight is 259 g/mol. The first-order valence-corrected chi connectivity index (χ1v) is 6.92. The van der Waals surface area contributed by atoms with E-state index >= 15 is 0 Å². The Bertz CT molecular complexity index is 638. The lowest BCUT2D eigenvalue weighted by molar-refractivity contribution is 0.0698.